The summed E-state index contributed by atoms with van der Waals surface area (Å²) < 4.78 is 24.6. The average molecular weight is 296 g/mol. The van der Waals surface area contributed by atoms with Gasteiger partial charge in [-0.15, -0.1) is 0 Å². The third kappa shape index (κ3) is 3.37. The molecular weight excluding hydrogens is 276 g/mol. The Morgan fingerprint density at radius 3 is 2.60 bits per heavy atom. The number of amides is 1. The van der Waals surface area contributed by atoms with Gasteiger partial charge in [-0.2, -0.15) is 4.31 Å². The summed E-state index contributed by atoms with van der Waals surface area (Å²) in [5.41, 5.74) is 1.00. The molecule has 0 saturated carbocycles. The first-order valence-corrected chi connectivity index (χ1v) is 8.56. The van der Waals surface area contributed by atoms with Crippen LogP contribution in [0.4, 0.5) is 0 Å². The van der Waals surface area contributed by atoms with Gasteiger partial charge >= 0.3 is 0 Å². The maximum Gasteiger partial charge on any atom is 0.238 e. The highest BCUT2D eigenvalue weighted by Crippen LogP contribution is 2.21. The first kappa shape index (κ1) is 15.0. The minimum atomic E-state index is -3.32. The van der Waals surface area contributed by atoms with Gasteiger partial charge in [0.05, 0.1) is 12.3 Å². The molecule has 2 unspecified atom stereocenters. The van der Waals surface area contributed by atoms with Crippen LogP contribution in [-0.4, -0.2) is 37.5 Å². The van der Waals surface area contributed by atoms with Gasteiger partial charge in [-0.05, 0) is 25.3 Å². The second-order valence-electron chi connectivity index (χ2n) is 5.17. The Labute approximate surface area is 120 Å². The number of rotatable bonds is 4. The molecule has 0 aliphatic carbocycles. The smallest absolute Gasteiger partial charge is 0.238 e. The second-order valence-corrected chi connectivity index (χ2v) is 7.11. The van der Waals surface area contributed by atoms with Crippen LogP contribution in [-0.2, 0) is 14.8 Å². The van der Waals surface area contributed by atoms with E-state index < -0.39 is 16.1 Å². The van der Waals surface area contributed by atoms with Crippen molar-refractivity contribution in [1.82, 2.24) is 9.62 Å². The Kier molecular flexibility index (Phi) is 4.45. The maximum absolute atomic E-state index is 12.3. The molecule has 1 saturated heterocycles. The molecule has 1 aromatic rings. The number of carbonyl (C=O) groups is 1. The molecule has 1 aromatic carbocycles. The summed E-state index contributed by atoms with van der Waals surface area (Å²) in [6.07, 6.45) is 2.46. The van der Waals surface area contributed by atoms with E-state index in [4.69, 9.17) is 0 Å². The molecule has 20 heavy (non-hydrogen) atoms. The van der Waals surface area contributed by atoms with Crippen molar-refractivity contribution in [3.63, 3.8) is 0 Å². The summed E-state index contributed by atoms with van der Waals surface area (Å²) in [5.74, 6) is -0.218. The highest BCUT2D eigenvalue weighted by Gasteiger charge is 2.36. The number of nitrogens with zero attached hydrogens (tertiary/aromatic N) is 1. The van der Waals surface area contributed by atoms with Gasteiger partial charge in [0.1, 0.15) is 6.04 Å². The summed E-state index contributed by atoms with van der Waals surface area (Å²) in [5, 5.41) is 2.90. The van der Waals surface area contributed by atoms with Crippen LogP contribution in [0.1, 0.15) is 31.4 Å². The second kappa shape index (κ2) is 5.93. The Bertz CT molecular complexity index is 571. The monoisotopic (exact) mass is 296 g/mol. The molecular formula is C14H20N2O3S. The summed E-state index contributed by atoms with van der Waals surface area (Å²) >= 11 is 0. The van der Waals surface area contributed by atoms with Gasteiger partial charge in [0.25, 0.3) is 0 Å². The molecule has 0 spiro atoms. The molecule has 1 amide bonds. The van der Waals surface area contributed by atoms with Crippen molar-refractivity contribution in [1.29, 1.82) is 0 Å². The summed E-state index contributed by atoms with van der Waals surface area (Å²) in [6.45, 7) is 2.32. The van der Waals surface area contributed by atoms with Crippen LogP contribution in [0.15, 0.2) is 30.3 Å². The molecule has 1 heterocycles. The van der Waals surface area contributed by atoms with Crippen LogP contribution in [0, 0.1) is 0 Å². The fourth-order valence-electron chi connectivity index (χ4n) is 2.53. The Balaban J connectivity index is 2.05. The van der Waals surface area contributed by atoms with E-state index in [0.717, 1.165) is 18.2 Å². The van der Waals surface area contributed by atoms with E-state index in [2.05, 4.69) is 5.32 Å². The maximum atomic E-state index is 12.3. The number of hydrogen-bond acceptors (Lipinski definition) is 3. The number of sulfonamides is 1. The van der Waals surface area contributed by atoms with Crippen molar-refractivity contribution >= 4 is 15.9 Å². The summed E-state index contributed by atoms with van der Waals surface area (Å²) in [7, 11) is -3.32. The lowest BCUT2D eigenvalue weighted by molar-refractivity contribution is -0.124. The minimum absolute atomic E-state index is 0.134. The fraction of sp³-hybridized carbons (Fsp3) is 0.500. The first-order valence-electron chi connectivity index (χ1n) is 6.72. The van der Waals surface area contributed by atoms with Crippen LogP contribution >= 0.6 is 0 Å². The summed E-state index contributed by atoms with van der Waals surface area (Å²) in [6, 6.07) is 8.91. The van der Waals surface area contributed by atoms with Crippen molar-refractivity contribution < 1.29 is 13.2 Å². The van der Waals surface area contributed by atoms with E-state index in [1.165, 1.54) is 4.31 Å². The average Bonchev–Trinajstić information content (AvgIpc) is 2.89. The van der Waals surface area contributed by atoms with Gasteiger partial charge in [-0.3, -0.25) is 4.79 Å². The zero-order valence-electron chi connectivity index (χ0n) is 11.7. The van der Waals surface area contributed by atoms with Gasteiger partial charge in [0.2, 0.25) is 15.9 Å². The molecule has 2 rings (SSSR count). The van der Waals surface area contributed by atoms with E-state index in [-0.39, 0.29) is 11.9 Å². The zero-order chi connectivity index (χ0) is 14.8. The van der Waals surface area contributed by atoms with Gasteiger partial charge in [-0.25, -0.2) is 8.42 Å². The first-order chi connectivity index (χ1) is 9.39. The lowest BCUT2D eigenvalue weighted by Gasteiger charge is -2.23. The van der Waals surface area contributed by atoms with Crippen LogP contribution in [0.5, 0.6) is 0 Å². The predicted octanol–water partition coefficient (Wildman–Crippen LogP) is 1.29. The molecule has 110 valence electrons. The number of hydrogen-bond donors (Lipinski definition) is 1. The van der Waals surface area contributed by atoms with E-state index in [1.807, 2.05) is 37.3 Å². The van der Waals surface area contributed by atoms with Crippen LogP contribution in [0.3, 0.4) is 0 Å². The van der Waals surface area contributed by atoms with Crippen molar-refractivity contribution in [3.8, 4) is 0 Å². The number of carbonyl (C=O) groups excluding carboxylic acids is 1. The zero-order valence-corrected chi connectivity index (χ0v) is 12.6. The normalized spacial score (nSPS) is 21.6. The molecule has 5 nitrogen and oxygen atoms in total. The van der Waals surface area contributed by atoms with Crippen molar-refractivity contribution in [3.05, 3.63) is 35.9 Å². The third-order valence-corrected chi connectivity index (χ3v) is 4.88. The quantitative estimate of drug-likeness (QED) is 0.910. The topological polar surface area (TPSA) is 66.5 Å². The molecule has 1 aliphatic rings. The largest absolute Gasteiger partial charge is 0.348 e. The predicted molar refractivity (Wildman–Crippen MR) is 77.6 cm³/mol. The lowest BCUT2D eigenvalue weighted by atomic mass is 10.1. The Morgan fingerprint density at radius 1 is 1.35 bits per heavy atom. The third-order valence-electron chi connectivity index (χ3n) is 3.59. The SMILES string of the molecule is CC(NC(=O)C1CCCN1S(C)(=O)=O)c1ccccc1. The van der Waals surface area contributed by atoms with Gasteiger partial charge in [-0.1, -0.05) is 30.3 Å². The van der Waals surface area contributed by atoms with Crippen molar-refractivity contribution in [2.24, 2.45) is 0 Å². The fourth-order valence-corrected chi connectivity index (χ4v) is 3.66. The molecule has 1 N–H and O–H groups in total. The molecule has 6 heteroatoms. The van der Waals surface area contributed by atoms with Crippen LogP contribution in [0.2, 0.25) is 0 Å². The lowest BCUT2D eigenvalue weighted by Crippen LogP contribution is -2.46. The number of nitrogens with one attached hydrogen (secondary N) is 1. The molecule has 1 fully saturated rings. The van der Waals surface area contributed by atoms with Crippen LogP contribution < -0.4 is 5.32 Å². The van der Waals surface area contributed by atoms with E-state index >= 15 is 0 Å². The van der Waals surface area contributed by atoms with Gasteiger partial charge in [0.15, 0.2) is 0 Å². The highest BCUT2D eigenvalue weighted by molar-refractivity contribution is 7.88. The molecule has 0 aromatic heterocycles. The van der Waals surface area contributed by atoms with Gasteiger partial charge in [0, 0.05) is 6.54 Å². The van der Waals surface area contributed by atoms with Crippen LogP contribution in [0.25, 0.3) is 0 Å². The minimum Gasteiger partial charge on any atom is -0.348 e. The standard InChI is InChI=1S/C14H20N2O3S/c1-11(12-7-4-3-5-8-12)15-14(17)13-9-6-10-16(13)20(2,18)19/h3-5,7-8,11,13H,6,9-10H2,1-2H3,(H,15,17). The molecule has 0 radical (unpaired) electrons. The van der Waals surface area contributed by atoms with Crippen molar-refractivity contribution in [2.45, 2.75) is 31.8 Å². The molecule has 0 bridgehead atoms. The van der Waals surface area contributed by atoms with Gasteiger partial charge < -0.3 is 5.32 Å². The Morgan fingerprint density at radius 2 is 2.00 bits per heavy atom. The van der Waals surface area contributed by atoms with E-state index in [9.17, 15) is 13.2 Å². The molecule has 1 aliphatic heterocycles. The van der Waals surface area contributed by atoms with E-state index in [1.54, 1.807) is 0 Å². The molecule has 2 atom stereocenters. The highest BCUT2D eigenvalue weighted by atomic mass is 32.2. The number of benzene rings is 1. The van der Waals surface area contributed by atoms with E-state index in [0.29, 0.717) is 13.0 Å². The summed E-state index contributed by atoms with van der Waals surface area (Å²) in [4.78, 5) is 12.3. The Hall–Kier alpha value is -1.40. The van der Waals surface area contributed by atoms with Crippen molar-refractivity contribution in [2.75, 3.05) is 12.8 Å².